The van der Waals surface area contributed by atoms with E-state index < -0.39 is 0 Å². The normalized spacial score (nSPS) is 15.8. The van der Waals surface area contributed by atoms with Crippen molar-refractivity contribution in [3.05, 3.63) is 34.6 Å². The zero-order valence-corrected chi connectivity index (χ0v) is 14.6. The van der Waals surface area contributed by atoms with E-state index in [0.717, 1.165) is 27.7 Å². The Kier molecular flexibility index (Phi) is 4.35. The van der Waals surface area contributed by atoms with Crippen molar-refractivity contribution in [1.82, 2.24) is 4.90 Å². The lowest BCUT2D eigenvalue weighted by Crippen LogP contribution is -2.40. The molecule has 5 heteroatoms. The molecule has 0 aliphatic carbocycles. The van der Waals surface area contributed by atoms with E-state index in [4.69, 9.17) is 9.15 Å². The first-order chi connectivity index (χ1) is 11.4. The molecular formula is C19H23NO4. The lowest BCUT2D eigenvalue weighted by molar-refractivity contribution is -0.146. The number of hydrogen-bond donors (Lipinski definition) is 0. The monoisotopic (exact) mass is 329 g/mol. The Morgan fingerprint density at radius 1 is 1.12 bits per heavy atom. The summed E-state index contributed by atoms with van der Waals surface area (Å²) in [5, 5.41) is 0.992. The number of esters is 1. The molecule has 1 aliphatic heterocycles. The molecule has 0 spiro atoms. The number of likely N-dealkylation sites (tertiary alicyclic amines) is 1. The number of ether oxygens (including phenoxy) is 1. The standard InChI is InChI=1S/C19H23NO4/c1-11-5-6-15-13(3)17(24-16(15)12(11)2)18(21)20-9-7-14(8-10-20)19(22)23-4/h5-6,14H,7-10H2,1-4H3. The second-order valence-corrected chi connectivity index (χ2v) is 6.53. The fourth-order valence-corrected chi connectivity index (χ4v) is 3.35. The minimum Gasteiger partial charge on any atom is -0.469 e. The molecule has 0 saturated carbocycles. The Labute approximate surface area is 141 Å². The SMILES string of the molecule is COC(=O)C1CCN(C(=O)c2oc3c(C)c(C)ccc3c2C)CC1. The number of hydrogen-bond acceptors (Lipinski definition) is 4. The number of fused-ring (bicyclic) bond motifs is 1. The molecule has 1 aromatic carbocycles. The van der Waals surface area contributed by atoms with E-state index in [2.05, 4.69) is 6.07 Å². The first kappa shape index (κ1) is 16.6. The molecule has 0 bridgehead atoms. The van der Waals surface area contributed by atoms with Crippen LogP contribution >= 0.6 is 0 Å². The number of rotatable bonds is 2. The van der Waals surface area contributed by atoms with Gasteiger partial charge in [0.15, 0.2) is 5.76 Å². The predicted molar refractivity (Wildman–Crippen MR) is 91.1 cm³/mol. The summed E-state index contributed by atoms with van der Waals surface area (Å²) >= 11 is 0. The van der Waals surface area contributed by atoms with Gasteiger partial charge in [-0.25, -0.2) is 0 Å². The number of benzene rings is 1. The zero-order valence-electron chi connectivity index (χ0n) is 14.6. The highest BCUT2D eigenvalue weighted by atomic mass is 16.5. The van der Waals surface area contributed by atoms with Crippen LogP contribution in [-0.4, -0.2) is 37.0 Å². The third-order valence-corrected chi connectivity index (χ3v) is 5.14. The summed E-state index contributed by atoms with van der Waals surface area (Å²) in [6, 6.07) is 4.06. The highest BCUT2D eigenvalue weighted by Gasteiger charge is 2.30. The van der Waals surface area contributed by atoms with Gasteiger partial charge in [0.1, 0.15) is 5.58 Å². The van der Waals surface area contributed by atoms with Gasteiger partial charge in [-0.2, -0.15) is 0 Å². The van der Waals surface area contributed by atoms with E-state index in [1.54, 1.807) is 4.90 Å². The van der Waals surface area contributed by atoms with Crippen LogP contribution in [0.25, 0.3) is 11.0 Å². The first-order valence-electron chi connectivity index (χ1n) is 8.30. The van der Waals surface area contributed by atoms with Crippen LogP contribution in [0.4, 0.5) is 0 Å². The van der Waals surface area contributed by atoms with Gasteiger partial charge in [-0.05, 0) is 44.7 Å². The van der Waals surface area contributed by atoms with Crippen molar-refractivity contribution >= 4 is 22.8 Å². The minimum absolute atomic E-state index is 0.0935. The maximum Gasteiger partial charge on any atom is 0.308 e. The molecule has 0 radical (unpaired) electrons. The summed E-state index contributed by atoms with van der Waals surface area (Å²) in [6.45, 7) is 7.07. The molecule has 0 N–H and O–H groups in total. The Balaban J connectivity index is 1.84. The Morgan fingerprint density at radius 3 is 2.42 bits per heavy atom. The van der Waals surface area contributed by atoms with Crippen molar-refractivity contribution in [2.75, 3.05) is 20.2 Å². The number of piperidine rings is 1. The molecule has 1 saturated heterocycles. The molecule has 0 atom stereocenters. The zero-order chi connectivity index (χ0) is 17.4. The average molecular weight is 329 g/mol. The molecule has 2 aromatic rings. The average Bonchev–Trinajstić information content (AvgIpc) is 2.94. The van der Waals surface area contributed by atoms with Gasteiger partial charge in [0.2, 0.25) is 0 Å². The fraction of sp³-hybridized carbons (Fsp3) is 0.474. The molecule has 1 aliphatic rings. The molecule has 0 unspecified atom stereocenters. The van der Waals surface area contributed by atoms with Crippen LogP contribution in [0.1, 0.15) is 40.1 Å². The molecule has 1 amide bonds. The van der Waals surface area contributed by atoms with Gasteiger partial charge in [0, 0.05) is 24.0 Å². The highest BCUT2D eigenvalue weighted by molar-refractivity contribution is 5.99. The molecular weight excluding hydrogens is 306 g/mol. The number of carbonyl (C=O) groups is 2. The van der Waals surface area contributed by atoms with Crippen LogP contribution in [0, 0.1) is 26.7 Å². The maximum atomic E-state index is 12.8. The lowest BCUT2D eigenvalue weighted by Gasteiger charge is -2.30. The summed E-state index contributed by atoms with van der Waals surface area (Å²) in [7, 11) is 1.40. The van der Waals surface area contributed by atoms with Crippen molar-refractivity contribution in [3.8, 4) is 0 Å². The molecule has 1 fully saturated rings. The minimum atomic E-state index is -0.187. The third kappa shape index (κ3) is 2.68. The van der Waals surface area contributed by atoms with E-state index in [-0.39, 0.29) is 17.8 Å². The van der Waals surface area contributed by atoms with E-state index in [0.29, 0.717) is 31.7 Å². The largest absolute Gasteiger partial charge is 0.469 e. The van der Waals surface area contributed by atoms with Crippen molar-refractivity contribution < 1.29 is 18.7 Å². The number of nitrogens with zero attached hydrogens (tertiary/aromatic N) is 1. The number of furan rings is 1. The van der Waals surface area contributed by atoms with E-state index in [9.17, 15) is 9.59 Å². The quantitative estimate of drug-likeness (QED) is 0.793. The molecule has 1 aromatic heterocycles. The molecule has 24 heavy (non-hydrogen) atoms. The highest BCUT2D eigenvalue weighted by Crippen LogP contribution is 2.31. The van der Waals surface area contributed by atoms with Crippen LogP contribution in [0.2, 0.25) is 0 Å². The molecule has 2 heterocycles. The summed E-state index contributed by atoms with van der Waals surface area (Å²) in [5.41, 5.74) is 3.89. The second kappa shape index (κ2) is 6.30. The van der Waals surface area contributed by atoms with Gasteiger partial charge in [0.05, 0.1) is 13.0 Å². The van der Waals surface area contributed by atoms with Crippen molar-refractivity contribution in [2.24, 2.45) is 5.92 Å². The number of carbonyl (C=O) groups excluding carboxylic acids is 2. The van der Waals surface area contributed by atoms with E-state index in [1.165, 1.54) is 7.11 Å². The summed E-state index contributed by atoms with van der Waals surface area (Å²) in [6.07, 6.45) is 1.27. The first-order valence-corrected chi connectivity index (χ1v) is 8.30. The van der Waals surface area contributed by atoms with Gasteiger partial charge >= 0.3 is 5.97 Å². The predicted octanol–water partition coefficient (Wildman–Crippen LogP) is 3.38. The Morgan fingerprint density at radius 2 is 1.79 bits per heavy atom. The van der Waals surface area contributed by atoms with E-state index in [1.807, 2.05) is 26.8 Å². The Hall–Kier alpha value is -2.30. The van der Waals surface area contributed by atoms with Crippen LogP contribution in [0.3, 0.4) is 0 Å². The fourth-order valence-electron chi connectivity index (χ4n) is 3.35. The summed E-state index contributed by atoms with van der Waals surface area (Å²) < 4.78 is 10.7. The smallest absolute Gasteiger partial charge is 0.308 e. The topological polar surface area (TPSA) is 59.8 Å². The summed E-state index contributed by atoms with van der Waals surface area (Å²) in [5.74, 6) is 0.0214. The molecule has 128 valence electrons. The third-order valence-electron chi connectivity index (χ3n) is 5.14. The Bertz CT molecular complexity index is 797. The van der Waals surface area contributed by atoms with Gasteiger partial charge in [-0.15, -0.1) is 0 Å². The second-order valence-electron chi connectivity index (χ2n) is 6.53. The molecule has 5 nitrogen and oxygen atoms in total. The van der Waals surface area contributed by atoms with Crippen LogP contribution in [0.15, 0.2) is 16.5 Å². The number of methoxy groups -OCH3 is 1. The number of aryl methyl sites for hydroxylation is 3. The van der Waals surface area contributed by atoms with Gasteiger partial charge in [0.25, 0.3) is 5.91 Å². The number of amides is 1. The van der Waals surface area contributed by atoms with Gasteiger partial charge < -0.3 is 14.1 Å². The summed E-state index contributed by atoms with van der Waals surface area (Å²) in [4.78, 5) is 26.2. The lowest BCUT2D eigenvalue weighted by atomic mass is 9.96. The van der Waals surface area contributed by atoms with Gasteiger partial charge in [-0.1, -0.05) is 12.1 Å². The van der Waals surface area contributed by atoms with Crippen molar-refractivity contribution in [3.63, 3.8) is 0 Å². The van der Waals surface area contributed by atoms with Crippen molar-refractivity contribution in [1.29, 1.82) is 0 Å². The van der Waals surface area contributed by atoms with E-state index >= 15 is 0 Å². The van der Waals surface area contributed by atoms with Crippen LogP contribution in [-0.2, 0) is 9.53 Å². The van der Waals surface area contributed by atoms with Crippen LogP contribution < -0.4 is 0 Å². The maximum absolute atomic E-state index is 12.8. The van der Waals surface area contributed by atoms with Crippen LogP contribution in [0.5, 0.6) is 0 Å². The molecule has 3 rings (SSSR count). The van der Waals surface area contributed by atoms with Crippen molar-refractivity contribution in [2.45, 2.75) is 33.6 Å². The van der Waals surface area contributed by atoms with Gasteiger partial charge in [-0.3, -0.25) is 9.59 Å².